The monoisotopic (exact) mass is 372 g/mol. The van der Waals surface area contributed by atoms with Gasteiger partial charge in [0.15, 0.2) is 5.96 Å². The molecule has 1 aromatic rings. The highest BCUT2D eigenvalue weighted by Gasteiger charge is 2.53. The van der Waals surface area contributed by atoms with Gasteiger partial charge in [-0.3, -0.25) is 9.79 Å². The maximum atomic E-state index is 12.2. The van der Waals surface area contributed by atoms with Crippen LogP contribution >= 0.6 is 0 Å². The second-order valence-electron chi connectivity index (χ2n) is 8.03. The number of ether oxygens (including phenoxy) is 1. The molecule has 6 nitrogen and oxygen atoms in total. The molecule has 1 aliphatic carbocycles. The van der Waals surface area contributed by atoms with Gasteiger partial charge in [0.2, 0.25) is 5.91 Å². The fourth-order valence-electron chi connectivity index (χ4n) is 3.95. The number of methoxy groups -OCH3 is 1. The van der Waals surface area contributed by atoms with E-state index in [-0.39, 0.29) is 17.2 Å². The van der Waals surface area contributed by atoms with Gasteiger partial charge in [-0.05, 0) is 12.5 Å². The molecule has 148 valence electrons. The van der Waals surface area contributed by atoms with Gasteiger partial charge in [0, 0.05) is 56.2 Å². The minimum absolute atomic E-state index is 0.0535. The molecule has 1 amide bonds. The summed E-state index contributed by atoms with van der Waals surface area (Å²) in [7, 11) is 3.56. The first-order chi connectivity index (χ1) is 12.9. The second-order valence-corrected chi connectivity index (χ2v) is 8.03. The maximum absolute atomic E-state index is 12.2. The highest BCUT2D eigenvalue weighted by Crippen LogP contribution is 2.51. The summed E-state index contributed by atoms with van der Waals surface area (Å²) in [5.41, 5.74) is 1.30. The molecular formula is C21H32N4O2. The molecule has 2 unspecified atom stereocenters. The molecule has 0 aromatic heterocycles. The van der Waals surface area contributed by atoms with Crippen LogP contribution in [0.25, 0.3) is 0 Å². The lowest BCUT2D eigenvalue weighted by Gasteiger charge is -2.37. The Balaban J connectivity index is 1.60. The number of nitrogens with zero attached hydrogens (tertiary/aromatic N) is 3. The van der Waals surface area contributed by atoms with E-state index in [0.29, 0.717) is 6.04 Å². The van der Waals surface area contributed by atoms with Crippen LogP contribution in [0.2, 0.25) is 0 Å². The Morgan fingerprint density at radius 3 is 2.44 bits per heavy atom. The summed E-state index contributed by atoms with van der Waals surface area (Å²) in [5.74, 6) is 2.17. The number of piperazine rings is 1. The fraction of sp³-hybridized carbons (Fsp3) is 0.619. The molecule has 2 aliphatic rings. The number of carbonyl (C=O) groups is 1. The number of hydrogen-bond acceptors (Lipinski definition) is 3. The van der Waals surface area contributed by atoms with Gasteiger partial charge in [0.05, 0.1) is 7.11 Å². The number of nitrogens with one attached hydrogen (secondary N) is 1. The third-order valence-electron chi connectivity index (χ3n) is 5.86. The van der Waals surface area contributed by atoms with Crippen LogP contribution in [0.15, 0.2) is 29.3 Å². The van der Waals surface area contributed by atoms with Crippen molar-refractivity contribution >= 4 is 11.9 Å². The van der Waals surface area contributed by atoms with Crippen LogP contribution in [0.5, 0.6) is 5.75 Å². The molecule has 1 N–H and O–H groups in total. The zero-order chi connectivity index (χ0) is 19.6. The highest BCUT2D eigenvalue weighted by atomic mass is 16.5. The molecule has 1 saturated heterocycles. The molecular weight excluding hydrogens is 340 g/mol. The van der Waals surface area contributed by atoms with E-state index in [1.165, 1.54) is 5.56 Å². The number of amides is 1. The van der Waals surface area contributed by atoms with E-state index in [4.69, 9.17) is 4.74 Å². The number of benzene rings is 1. The highest BCUT2D eigenvalue weighted by molar-refractivity contribution is 5.82. The summed E-state index contributed by atoms with van der Waals surface area (Å²) in [6.07, 6.45) is 1.05. The normalized spacial score (nSPS) is 25.6. The van der Waals surface area contributed by atoms with E-state index in [1.54, 1.807) is 7.11 Å². The van der Waals surface area contributed by atoms with Gasteiger partial charge in [-0.15, -0.1) is 0 Å². The molecule has 2 atom stereocenters. The van der Waals surface area contributed by atoms with Gasteiger partial charge < -0.3 is 19.9 Å². The number of carbonyl (C=O) groups excluding carboxylic acids is 1. The standard InChI is InChI=1S/C21H32N4O2/c1-15(2)19(26)24-10-12-25(13-11-24)20(22-4)23-18-14-21(18,3)16-8-6-7-9-17(16)27-5/h6-9,15,18H,10-14H2,1-5H3,(H,22,23). The van der Waals surface area contributed by atoms with Crippen LogP contribution < -0.4 is 10.1 Å². The quantitative estimate of drug-likeness (QED) is 0.650. The summed E-state index contributed by atoms with van der Waals surface area (Å²) < 4.78 is 5.56. The summed E-state index contributed by atoms with van der Waals surface area (Å²) in [6.45, 7) is 9.34. The van der Waals surface area contributed by atoms with Crippen LogP contribution in [-0.2, 0) is 10.2 Å². The Morgan fingerprint density at radius 1 is 1.22 bits per heavy atom. The second kappa shape index (κ2) is 7.79. The molecule has 1 aromatic carbocycles. The third kappa shape index (κ3) is 3.89. The zero-order valence-electron chi connectivity index (χ0n) is 17.2. The van der Waals surface area contributed by atoms with Crippen molar-refractivity contribution < 1.29 is 9.53 Å². The molecule has 1 heterocycles. The van der Waals surface area contributed by atoms with Crippen LogP contribution in [0.4, 0.5) is 0 Å². The summed E-state index contributed by atoms with van der Waals surface area (Å²) in [5, 5.41) is 3.63. The molecule has 0 bridgehead atoms. The van der Waals surface area contributed by atoms with Crippen LogP contribution in [-0.4, -0.2) is 68.0 Å². The van der Waals surface area contributed by atoms with E-state index < -0.39 is 0 Å². The summed E-state index contributed by atoms with van der Waals surface area (Å²) in [6, 6.07) is 8.59. The molecule has 6 heteroatoms. The summed E-state index contributed by atoms with van der Waals surface area (Å²) >= 11 is 0. The first-order valence-corrected chi connectivity index (χ1v) is 9.81. The van der Waals surface area contributed by atoms with Crippen LogP contribution in [0.1, 0.15) is 32.8 Å². The molecule has 27 heavy (non-hydrogen) atoms. The Kier molecular flexibility index (Phi) is 5.63. The Bertz CT molecular complexity index is 710. The van der Waals surface area contributed by atoms with Crippen LogP contribution in [0.3, 0.4) is 0 Å². The number of guanidine groups is 1. The van der Waals surface area contributed by atoms with Crippen molar-refractivity contribution in [2.75, 3.05) is 40.3 Å². The fourth-order valence-corrected chi connectivity index (χ4v) is 3.95. The largest absolute Gasteiger partial charge is 0.496 e. The van der Waals surface area contributed by atoms with Gasteiger partial charge in [0.25, 0.3) is 0 Å². The van der Waals surface area contributed by atoms with Crippen molar-refractivity contribution in [2.24, 2.45) is 10.9 Å². The van der Waals surface area contributed by atoms with Gasteiger partial charge in [-0.25, -0.2) is 0 Å². The van der Waals surface area contributed by atoms with Crippen molar-refractivity contribution in [3.8, 4) is 5.75 Å². The third-order valence-corrected chi connectivity index (χ3v) is 5.86. The van der Waals surface area contributed by atoms with Crippen LogP contribution in [0, 0.1) is 5.92 Å². The SMILES string of the molecule is CN=C(NC1CC1(C)c1ccccc1OC)N1CCN(C(=O)C(C)C)CC1. The van der Waals surface area contributed by atoms with Crippen molar-refractivity contribution in [2.45, 2.75) is 38.6 Å². The average molecular weight is 373 g/mol. The van der Waals surface area contributed by atoms with E-state index in [9.17, 15) is 4.79 Å². The predicted octanol–water partition coefficient (Wildman–Crippen LogP) is 2.10. The van der Waals surface area contributed by atoms with Gasteiger partial charge >= 0.3 is 0 Å². The zero-order valence-corrected chi connectivity index (χ0v) is 17.2. The first kappa shape index (κ1) is 19.5. The molecule has 0 radical (unpaired) electrons. The Hall–Kier alpha value is -2.24. The van der Waals surface area contributed by atoms with E-state index in [1.807, 2.05) is 37.9 Å². The minimum atomic E-state index is 0.0535. The average Bonchev–Trinajstić information content (AvgIpc) is 3.36. The van der Waals surface area contributed by atoms with Crippen molar-refractivity contribution in [1.29, 1.82) is 0 Å². The van der Waals surface area contributed by atoms with Crippen molar-refractivity contribution in [3.05, 3.63) is 29.8 Å². The van der Waals surface area contributed by atoms with Crippen molar-refractivity contribution in [3.63, 3.8) is 0 Å². The topological polar surface area (TPSA) is 57.2 Å². The molecule has 1 saturated carbocycles. The van der Waals surface area contributed by atoms with Gasteiger partial charge in [-0.1, -0.05) is 39.0 Å². The number of hydrogen-bond donors (Lipinski definition) is 1. The number of para-hydroxylation sites is 1. The number of rotatable bonds is 4. The smallest absolute Gasteiger partial charge is 0.225 e. The van der Waals surface area contributed by atoms with Gasteiger partial charge in [0.1, 0.15) is 5.75 Å². The molecule has 0 spiro atoms. The Morgan fingerprint density at radius 2 is 1.85 bits per heavy atom. The molecule has 2 fully saturated rings. The minimum Gasteiger partial charge on any atom is -0.496 e. The van der Waals surface area contributed by atoms with E-state index in [0.717, 1.165) is 44.3 Å². The number of aliphatic imine (C=N–C) groups is 1. The Labute approximate surface area is 162 Å². The van der Waals surface area contributed by atoms with Gasteiger partial charge in [-0.2, -0.15) is 0 Å². The molecule has 3 rings (SSSR count). The van der Waals surface area contributed by atoms with E-state index >= 15 is 0 Å². The molecule has 1 aliphatic heterocycles. The lowest BCUT2D eigenvalue weighted by atomic mass is 9.96. The summed E-state index contributed by atoms with van der Waals surface area (Å²) in [4.78, 5) is 20.9. The first-order valence-electron chi connectivity index (χ1n) is 9.81. The lowest BCUT2D eigenvalue weighted by Crippen LogP contribution is -2.55. The van der Waals surface area contributed by atoms with Crippen molar-refractivity contribution in [1.82, 2.24) is 15.1 Å². The maximum Gasteiger partial charge on any atom is 0.225 e. The lowest BCUT2D eigenvalue weighted by molar-refractivity contribution is -0.135. The van der Waals surface area contributed by atoms with E-state index in [2.05, 4.69) is 34.3 Å². The predicted molar refractivity (Wildman–Crippen MR) is 108 cm³/mol.